The van der Waals surface area contributed by atoms with Crippen LogP contribution in [0.25, 0.3) is 0 Å². The fourth-order valence-electron chi connectivity index (χ4n) is 7.42. The first-order valence-corrected chi connectivity index (χ1v) is 9.43. The quantitative estimate of drug-likeness (QED) is 0.487. The zero-order valence-electron chi connectivity index (χ0n) is 15.5. The SMILES string of the molecule is CCC(C(CO[N+](=O)[O-])O[N+](=O)[O-])C12CC3CC(C)(CC(CN)(C3)C1)C2. The van der Waals surface area contributed by atoms with Crippen molar-refractivity contribution in [1.29, 1.82) is 0 Å². The molecule has 4 saturated carbocycles. The van der Waals surface area contributed by atoms with E-state index in [1.165, 1.54) is 6.42 Å². The number of hydrogen-bond donors (Lipinski definition) is 1. The average Bonchev–Trinajstić information content (AvgIpc) is 2.50. The van der Waals surface area contributed by atoms with Crippen LogP contribution in [-0.2, 0) is 9.68 Å². The number of rotatable bonds is 9. The molecule has 9 nitrogen and oxygen atoms in total. The zero-order chi connectivity index (χ0) is 19.2. The van der Waals surface area contributed by atoms with Gasteiger partial charge < -0.3 is 15.4 Å². The Hall–Kier alpha value is -1.64. The van der Waals surface area contributed by atoms with Crippen molar-refractivity contribution < 1.29 is 19.8 Å². The smallest absolute Gasteiger partial charge is 0.294 e. The first-order valence-electron chi connectivity index (χ1n) is 9.43. The maximum atomic E-state index is 11.0. The molecule has 0 amide bonds. The van der Waals surface area contributed by atoms with E-state index in [-0.39, 0.29) is 22.2 Å². The molecule has 0 aromatic rings. The van der Waals surface area contributed by atoms with Gasteiger partial charge in [0.15, 0.2) is 0 Å². The zero-order valence-corrected chi connectivity index (χ0v) is 15.5. The second kappa shape index (κ2) is 6.51. The standard InChI is InChI=1S/C17H29N3O6/c1-3-13(14(26-20(23)24)7-25-19(21)22)17-6-12-4-15(2,9-17)8-16(5-12,10-17)11-18/h12-14H,3-11,18H2,1-2H3. The van der Waals surface area contributed by atoms with Gasteiger partial charge in [0.1, 0.15) is 12.7 Å². The van der Waals surface area contributed by atoms with E-state index in [0.29, 0.717) is 18.9 Å². The van der Waals surface area contributed by atoms with Crippen LogP contribution in [0.2, 0.25) is 0 Å². The van der Waals surface area contributed by atoms with Crippen LogP contribution in [-0.4, -0.2) is 29.4 Å². The van der Waals surface area contributed by atoms with E-state index >= 15 is 0 Å². The van der Waals surface area contributed by atoms with Crippen molar-refractivity contribution >= 4 is 0 Å². The summed E-state index contributed by atoms with van der Waals surface area (Å²) in [6.45, 7) is 4.50. The lowest BCUT2D eigenvalue weighted by molar-refractivity contribution is -0.792. The summed E-state index contributed by atoms with van der Waals surface area (Å²) in [4.78, 5) is 31.1. The van der Waals surface area contributed by atoms with Crippen LogP contribution in [0.5, 0.6) is 0 Å². The lowest BCUT2D eigenvalue weighted by atomic mass is 9.37. The van der Waals surface area contributed by atoms with Gasteiger partial charge in [0.05, 0.1) is 0 Å². The number of nitrogens with zero attached hydrogens (tertiary/aromatic N) is 2. The minimum atomic E-state index is -0.935. The molecule has 4 bridgehead atoms. The van der Waals surface area contributed by atoms with Crippen LogP contribution >= 0.6 is 0 Å². The van der Waals surface area contributed by atoms with Crippen LogP contribution in [0.1, 0.15) is 58.8 Å². The predicted molar refractivity (Wildman–Crippen MR) is 91.8 cm³/mol. The Labute approximate surface area is 152 Å². The maximum absolute atomic E-state index is 11.0. The molecule has 148 valence electrons. The first-order chi connectivity index (χ1) is 12.1. The molecular formula is C17H29N3O6. The largest absolute Gasteiger partial charge is 0.330 e. The first kappa shape index (κ1) is 19.1. The summed E-state index contributed by atoms with van der Waals surface area (Å²) in [6, 6.07) is 0. The summed E-state index contributed by atoms with van der Waals surface area (Å²) in [6.07, 6.45) is 6.04. The molecule has 4 rings (SSSR count). The van der Waals surface area contributed by atoms with Crippen molar-refractivity contribution in [3.05, 3.63) is 20.2 Å². The van der Waals surface area contributed by atoms with E-state index in [9.17, 15) is 20.2 Å². The Balaban J connectivity index is 1.91. The molecule has 0 radical (unpaired) electrons. The van der Waals surface area contributed by atoms with E-state index < -0.39 is 22.9 Å². The molecule has 0 saturated heterocycles. The summed E-state index contributed by atoms with van der Waals surface area (Å²) in [5.41, 5.74) is 6.34. The average molecular weight is 371 g/mol. The highest BCUT2D eigenvalue weighted by Crippen LogP contribution is 2.71. The summed E-state index contributed by atoms with van der Waals surface area (Å²) in [5.74, 6) is 0.406. The van der Waals surface area contributed by atoms with Crippen LogP contribution in [0.15, 0.2) is 0 Å². The lowest BCUT2D eigenvalue weighted by Crippen LogP contribution is -2.61. The molecule has 4 aliphatic carbocycles. The Morgan fingerprint density at radius 3 is 2.42 bits per heavy atom. The summed E-state index contributed by atoms with van der Waals surface area (Å²) >= 11 is 0. The van der Waals surface area contributed by atoms with Crippen molar-refractivity contribution in [2.24, 2.45) is 33.8 Å². The molecule has 4 aliphatic rings. The van der Waals surface area contributed by atoms with Crippen molar-refractivity contribution in [3.63, 3.8) is 0 Å². The topological polar surface area (TPSA) is 131 Å². The van der Waals surface area contributed by atoms with Crippen LogP contribution in [0.4, 0.5) is 0 Å². The fourth-order valence-corrected chi connectivity index (χ4v) is 7.42. The molecular weight excluding hydrogens is 342 g/mol. The van der Waals surface area contributed by atoms with Gasteiger partial charge in [0, 0.05) is 0 Å². The second-order valence-corrected chi connectivity index (χ2v) is 9.29. The van der Waals surface area contributed by atoms with E-state index in [0.717, 1.165) is 32.1 Å². The lowest BCUT2D eigenvalue weighted by Gasteiger charge is -2.68. The fraction of sp³-hybridized carbons (Fsp3) is 1.00. The highest BCUT2D eigenvalue weighted by atomic mass is 17.0. The normalized spacial score (nSPS) is 40.0. The molecule has 26 heavy (non-hydrogen) atoms. The third-order valence-electron chi connectivity index (χ3n) is 7.18. The Bertz CT molecular complexity index is 589. The Kier molecular flexibility index (Phi) is 4.79. The van der Waals surface area contributed by atoms with Gasteiger partial charge in [0.2, 0.25) is 0 Å². The monoisotopic (exact) mass is 371 g/mol. The van der Waals surface area contributed by atoms with Crippen molar-refractivity contribution in [3.8, 4) is 0 Å². The minimum absolute atomic E-state index is 0.0880. The van der Waals surface area contributed by atoms with Crippen molar-refractivity contribution in [2.45, 2.75) is 64.9 Å². The van der Waals surface area contributed by atoms with Gasteiger partial charge in [-0.15, -0.1) is 20.2 Å². The summed E-state index contributed by atoms with van der Waals surface area (Å²) in [7, 11) is 0. The molecule has 0 aromatic carbocycles. The van der Waals surface area contributed by atoms with E-state index in [2.05, 4.69) is 11.8 Å². The van der Waals surface area contributed by atoms with Crippen LogP contribution < -0.4 is 5.73 Å². The molecule has 0 aliphatic heterocycles. The molecule has 9 heteroatoms. The molecule has 2 N–H and O–H groups in total. The molecule has 0 heterocycles. The predicted octanol–water partition coefficient (Wildman–Crippen LogP) is 2.73. The third-order valence-corrected chi connectivity index (χ3v) is 7.18. The van der Waals surface area contributed by atoms with E-state index in [1.807, 2.05) is 6.92 Å². The van der Waals surface area contributed by atoms with Gasteiger partial charge in [-0.2, -0.15) is 0 Å². The Morgan fingerprint density at radius 1 is 1.15 bits per heavy atom. The van der Waals surface area contributed by atoms with Gasteiger partial charge >= 0.3 is 0 Å². The second-order valence-electron chi connectivity index (χ2n) is 9.29. The Morgan fingerprint density at radius 2 is 1.88 bits per heavy atom. The summed E-state index contributed by atoms with van der Waals surface area (Å²) < 4.78 is 0. The number of hydrogen-bond acceptors (Lipinski definition) is 7. The van der Waals surface area contributed by atoms with Gasteiger partial charge in [-0.25, -0.2) is 0 Å². The minimum Gasteiger partial charge on any atom is -0.330 e. The molecule has 4 fully saturated rings. The van der Waals surface area contributed by atoms with Crippen LogP contribution in [0, 0.1) is 48.3 Å². The van der Waals surface area contributed by atoms with Crippen LogP contribution in [0.3, 0.4) is 0 Å². The van der Waals surface area contributed by atoms with Gasteiger partial charge in [-0.3, -0.25) is 0 Å². The van der Waals surface area contributed by atoms with E-state index in [4.69, 9.17) is 10.6 Å². The molecule has 6 atom stereocenters. The van der Waals surface area contributed by atoms with Gasteiger partial charge in [-0.05, 0) is 73.2 Å². The highest BCUT2D eigenvalue weighted by Gasteiger charge is 2.63. The van der Waals surface area contributed by atoms with Gasteiger partial charge in [-0.1, -0.05) is 20.3 Å². The molecule has 0 spiro atoms. The van der Waals surface area contributed by atoms with Crippen molar-refractivity contribution in [1.82, 2.24) is 0 Å². The maximum Gasteiger partial charge on any atom is 0.294 e. The van der Waals surface area contributed by atoms with Gasteiger partial charge in [0.25, 0.3) is 10.2 Å². The third kappa shape index (κ3) is 3.33. The highest BCUT2D eigenvalue weighted by molar-refractivity contribution is 5.14. The summed E-state index contributed by atoms with van der Waals surface area (Å²) in [5, 5.41) is 19.9. The van der Waals surface area contributed by atoms with E-state index in [1.54, 1.807) is 0 Å². The molecule has 0 aromatic heterocycles. The van der Waals surface area contributed by atoms with Crippen molar-refractivity contribution in [2.75, 3.05) is 13.2 Å². The number of nitrogens with two attached hydrogens (primary N) is 1. The molecule has 6 unspecified atom stereocenters.